The SMILES string of the molecule is CCN1C(=O)CS/C1=C(/N)C(=O)NCCF. The van der Waals surface area contributed by atoms with Gasteiger partial charge in [-0.25, -0.2) is 4.39 Å². The van der Waals surface area contributed by atoms with Crippen molar-refractivity contribution in [2.24, 2.45) is 5.73 Å². The highest BCUT2D eigenvalue weighted by molar-refractivity contribution is 8.04. The minimum Gasteiger partial charge on any atom is -0.392 e. The molecule has 90 valence electrons. The average Bonchev–Trinajstić information content (AvgIpc) is 2.66. The second-order valence-corrected chi connectivity index (χ2v) is 4.05. The van der Waals surface area contributed by atoms with Crippen molar-refractivity contribution in [3.05, 3.63) is 10.7 Å². The predicted octanol–water partition coefficient (Wildman–Crippen LogP) is -0.205. The van der Waals surface area contributed by atoms with Gasteiger partial charge >= 0.3 is 0 Å². The summed E-state index contributed by atoms with van der Waals surface area (Å²) in [6.07, 6.45) is 0. The van der Waals surface area contributed by atoms with Crippen molar-refractivity contribution in [3.63, 3.8) is 0 Å². The van der Waals surface area contributed by atoms with Crippen molar-refractivity contribution in [1.82, 2.24) is 10.2 Å². The van der Waals surface area contributed by atoms with Crippen molar-refractivity contribution in [3.8, 4) is 0 Å². The first kappa shape index (κ1) is 12.8. The smallest absolute Gasteiger partial charge is 0.269 e. The normalized spacial score (nSPS) is 18.9. The van der Waals surface area contributed by atoms with Crippen molar-refractivity contribution >= 4 is 23.6 Å². The molecule has 0 bridgehead atoms. The Bertz CT molecular complexity index is 333. The van der Waals surface area contributed by atoms with Crippen LogP contribution in [0.1, 0.15) is 6.92 Å². The third-order valence-electron chi connectivity index (χ3n) is 2.05. The Hall–Kier alpha value is -1.24. The zero-order chi connectivity index (χ0) is 12.1. The summed E-state index contributed by atoms with van der Waals surface area (Å²) in [5, 5.41) is 2.78. The Kier molecular flexibility index (Phi) is 4.60. The molecule has 2 amide bonds. The topological polar surface area (TPSA) is 75.4 Å². The first-order valence-electron chi connectivity index (χ1n) is 4.88. The number of amides is 2. The van der Waals surface area contributed by atoms with Gasteiger partial charge in [-0.3, -0.25) is 9.59 Å². The second kappa shape index (κ2) is 5.74. The van der Waals surface area contributed by atoms with E-state index in [1.165, 1.54) is 16.7 Å². The number of thioether (sulfide) groups is 1. The maximum absolute atomic E-state index is 11.9. The van der Waals surface area contributed by atoms with Crippen LogP contribution in [0.25, 0.3) is 0 Å². The zero-order valence-electron chi connectivity index (χ0n) is 8.96. The van der Waals surface area contributed by atoms with Crippen LogP contribution >= 0.6 is 11.8 Å². The van der Waals surface area contributed by atoms with E-state index in [1.54, 1.807) is 6.92 Å². The number of hydrogen-bond donors (Lipinski definition) is 2. The molecule has 1 heterocycles. The monoisotopic (exact) mass is 247 g/mol. The summed E-state index contributed by atoms with van der Waals surface area (Å²) < 4.78 is 11.9. The average molecular weight is 247 g/mol. The summed E-state index contributed by atoms with van der Waals surface area (Å²) in [5.74, 6) is -0.308. The number of nitrogens with two attached hydrogens (primary N) is 1. The van der Waals surface area contributed by atoms with E-state index in [2.05, 4.69) is 5.32 Å². The number of rotatable bonds is 4. The highest BCUT2D eigenvalue weighted by Crippen LogP contribution is 2.29. The molecule has 0 unspecified atom stereocenters. The highest BCUT2D eigenvalue weighted by atomic mass is 32.2. The molecule has 3 N–H and O–H groups in total. The van der Waals surface area contributed by atoms with Gasteiger partial charge in [0.05, 0.1) is 5.75 Å². The van der Waals surface area contributed by atoms with E-state index >= 15 is 0 Å². The lowest BCUT2D eigenvalue weighted by Gasteiger charge is -2.16. The third kappa shape index (κ3) is 2.66. The molecule has 1 rings (SSSR count). The van der Waals surface area contributed by atoms with Crippen molar-refractivity contribution < 1.29 is 14.0 Å². The number of carbonyl (C=O) groups is 2. The Morgan fingerprint density at radius 2 is 2.38 bits per heavy atom. The lowest BCUT2D eigenvalue weighted by atomic mass is 10.4. The van der Waals surface area contributed by atoms with Crippen LogP contribution in [-0.4, -0.2) is 42.2 Å². The first-order chi connectivity index (χ1) is 7.61. The van der Waals surface area contributed by atoms with Gasteiger partial charge in [-0.15, -0.1) is 0 Å². The van der Waals surface area contributed by atoms with E-state index in [-0.39, 0.29) is 18.1 Å². The molecule has 5 nitrogen and oxygen atoms in total. The lowest BCUT2D eigenvalue weighted by molar-refractivity contribution is -0.125. The number of hydrogen-bond acceptors (Lipinski definition) is 4. The molecule has 7 heteroatoms. The minimum atomic E-state index is -0.641. The van der Waals surface area contributed by atoms with Gasteiger partial charge in [-0.1, -0.05) is 11.8 Å². The van der Waals surface area contributed by atoms with Crippen LogP contribution in [0, 0.1) is 0 Å². The van der Waals surface area contributed by atoms with Gasteiger partial charge in [0, 0.05) is 13.1 Å². The highest BCUT2D eigenvalue weighted by Gasteiger charge is 2.29. The molecule has 0 aliphatic carbocycles. The van der Waals surface area contributed by atoms with Crippen LogP contribution in [0.4, 0.5) is 4.39 Å². The Morgan fingerprint density at radius 3 is 2.94 bits per heavy atom. The second-order valence-electron chi connectivity index (χ2n) is 3.09. The number of nitrogens with zero attached hydrogens (tertiary/aromatic N) is 1. The third-order valence-corrected chi connectivity index (χ3v) is 3.15. The maximum Gasteiger partial charge on any atom is 0.269 e. The summed E-state index contributed by atoms with van der Waals surface area (Å²) in [5.41, 5.74) is 5.60. The van der Waals surface area contributed by atoms with Gasteiger partial charge in [-0.05, 0) is 6.92 Å². The molecule has 0 aromatic heterocycles. The standard InChI is InChI=1S/C9H14FN3O2S/c1-2-13-6(14)5-16-9(13)7(11)8(15)12-4-3-10/h2-5,11H2,1H3,(H,12,15)/b9-7+. The summed E-state index contributed by atoms with van der Waals surface area (Å²) in [4.78, 5) is 24.3. The van der Waals surface area contributed by atoms with Crippen molar-refractivity contribution in [2.45, 2.75) is 6.92 Å². The minimum absolute atomic E-state index is 0.0221. The molecule has 0 spiro atoms. The quantitative estimate of drug-likeness (QED) is 0.674. The number of alkyl halides is 1. The summed E-state index contributed by atoms with van der Waals surface area (Å²) in [7, 11) is 0. The van der Waals surface area contributed by atoms with Crippen LogP contribution < -0.4 is 11.1 Å². The maximum atomic E-state index is 11.9. The molecular weight excluding hydrogens is 233 g/mol. The van der Waals surface area contributed by atoms with Crippen LogP contribution in [0.2, 0.25) is 0 Å². The van der Waals surface area contributed by atoms with Crippen LogP contribution in [0.15, 0.2) is 10.7 Å². The fourth-order valence-corrected chi connectivity index (χ4v) is 2.35. The van der Waals surface area contributed by atoms with Crippen LogP contribution in [-0.2, 0) is 9.59 Å². The van der Waals surface area contributed by atoms with Gasteiger partial charge in [0.1, 0.15) is 17.4 Å². The molecular formula is C9H14FN3O2S. The van der Waals surface area contributed by atoms with Gasteiger partial charge in [-0.2, -0.15) is 0 Å². The fraction of sp³-hybridized carbons (Fsp3) is 0.556. The van der Waals surface area contributed by atoms with Gasteiger partial charge < -0.3 is 16.0 Å². The van der Waals surface area contributed by atoms with E-state index < -0.39 is 12.6 Å². The van der Waals surface area contributed by atoms with Gasteiger partial charge in [0.2, 0.25) is 5.91 Å². The van der Waals surface area contributed by atoms with E-state index in [1.807, 2.05) is 0 Å². The molecule has 0 saturated carbocycles. The summed E-state index contributed by atoms with van der Waals surface area (Å²) >= 11 is 1.23. The number of carbonyl (C=O) groups excluding carboxylic acids is 2. The Morgan fingerprint density at radius 1 is 1.69 bits per heavy atom. The van der Waals surface area contributed by atoms with Crippen molar-refractivity contribution in [1.29, 1.82) is 0 Å². The lowest BCUT2D eigenvalue weighted by Crippen LogP contribution is -2.34. The molecule has 1 aliphatic rings. The zero-order valence-corrected chi connectivity index (χ0v) is 9.77. The largest absolute Gasteiger partial charge is 0.392 e. The molecule has 1 saturated heterocycles. The number of nitrogens with one attached hydrogen (secondary N) is 1. The molecule has 0 aromatic rings. The van der Waals surface area contributed by atoms with E-state index in [4.69, 9.17) is 5.73 Å². The fourth-order valence-electron chi connectivity index (χ4n) is 1.30. The summed E-state index contributed by atoms with van der Waals surface area (Å²) in [6, 6.07) is 0. The molecule has 0 atom stereocenters. The molecule has 1 fully saturated rings. The van der Waals surface area contributed by atoms with E-state index in [9.17, 15) is 14.0 Å². The van der Waals surface area contributed by atoms with Gasteiger partial charge in [0.15, 0.2) is 0 Å². The van der Waals surface area contributed by atoms with E-state index in [0.717, 1.165) is 0 Å². The molecule has 0 aromatic carbocycles. The number of halogens is 1. The van der Waals surface area contributed by atoms with Crippen LogP contribution in [0.5, 0.6) is 0 Å². The molecule has 1 aliphatic heterocycles. The molecule has 0 radical (unpaired) electrons. The van der Waals surface area contributed by atoms with E-state index in [0.29, 0.717) is 17.3 Å². The first-order valence-corrected chi connectivity index (χ1v) is 5.87. The van der Waals surface area contributed by atoms with Crippen molar-refractivity contribution in [2.75, 3.05) is 25.5 Å². The summed E-state index contributed by atoms with van der Waals surface area (Å²) in [6.45, 7) is 1.56. The Labute approximate surface area is 97.2 Å². The van der Waals surface area contributed by atoms with Crippen LogP contribution in [0.3, 0.4) is 0 Å². The van der Waals surface area contributed by atoms with Gasteiger partial charge in [0.25, 0.3) is 5.91 Å². The molecule has 16 heavy (non-hydrogen) atoms. The Balaban J connectivity index is 2.79. The predicted molar refractivity (Wildman–Crippen MR) is 60.0 cm³/mol.